The number of carbonyl (C=O) groups excluding carboxylic acids is 1. The predicted octanol–water partition coefficient (Wildman–Crippen LogP) is 3.37. The van der Waals surface area contributed by atoms with Crippen molar-refractivity contribution in [3.05, 3.63) is 66.2 Å². The molecule has 142 valence electrons. The van der Waals surface area contributed by atoms with Crippen LogP contribution in [0.15, 0.2) is 60.7 Å². The molecule has 2 atom stereocenters. The van der Waals surface area contributed by atoms with E-state index in [2.05, 4.69) is 35.2 Å². The lowest BCUT2D eigenvalue weighted by molar-refractivity contribution is -0.124. The van der Waals surface area contributed by atoms with Gasteiger partial charge in [-0.05, 0) is 43.5 Å². The van der Waals surface area contributed by atoms with Gasteiger partial charge in [0.2, 0.25) is 0 Å². The first-order chi connectivity index (χ1) is 13.3. The molecule has 0 spiro atoms. The highest BCUT2D eigenvalue weighted by Gasteiger charge is 2.36. The first-order valence-electron chi connectivity index (χ1n) is 10.0. The molecule has 4 nitrogen and oxygen atoms in total. The van der Waals surface area contributed by atoms with Crippen molar-refractivity contribution in [1.29, 1.82) is 0 Å². The van der Waals surface area contributed by atoms with E-state index in [1.807, 2.05) is 35.2 Å². The zero-order chi connectivity index (χ0) is 18.5. The van der Waals surface area contributed by atoms with E-state index in [0.29, 0.717) is 5.92 Å². The fourth-order valence-electron chi connectivity index (χ4n) is 4.29. The molecule has 0 N–H and O–H groups in total. The van der Waals surface area contributed by atoms with E-state index < -0.39 is 0 Å². The first-order valence-corrected chi connectivity index (χ1v) is 10.0. The number of rotatable bonds is 5. The van der Waals surface area contributed by atoms with Crippen molar-refractivity contribution in [3.8, 4) is 0 Å². The molecule has 4 heteroatoms. The number of hydrogen-bond donors (Lipinski definition) is 0. The Labute approximate surface area is 161 Å². The van der Waals surface area contributed by atoms with Crippen molar-refractivity contribution in [3.63, 3.8) is 0 Å². The number of piperidine rings is 1. The van der Waals surface area contributed by atoms with E-state index in [-0.39, 0.29) is 18.6 Å². The molecule has 0 radical (unpaired) electrons. The molecule has 2 heterocycles. The van der Waals surface area contributed by atoms with Gasteiger partial charge in [-0.2, -0.15) is 0 Å². The summed E-state index contributed by atoms with van der Waals surface area (Å²) >= 11 is 0. The Hall–Kier alpha value is -2.17. The summed E-state index contributed by atoms with van der Waals surface area (Å²) in [6, 6.07) is 20.7. The lowest BCUT2D eigenvalue weighted by Gasteiger charge is -2.38. The summed E-state index contributed by atoms with van der Waals surface area (Å²) in [5, 5.41) is 0. The minimum absolute atomic E-state index is 0.0752. The Balaban J connectivity index is 1.35. The topological polar surface area (TPSA) is 32.8 Å². The van der Waals surface area contributed by atoms with Crippen LogP contribution in [0.4, 0.5) is 5.69 Å². The van der Waals surface area contributed by atoms with Crippen molar-refractivity contribution in [1.82, 2.24) is 4.90 Å². The first kappa shape index (κ1) is 18.2. The summed E-state index contributed by atoms with van der Waals surface area (Å²) in [5.41, 5.74) is 2.39. The van der Waals surface area contributed by atoms with E-state index in [9.17, 15) is 4.79 Å². The summed E-state index contributed by atoms with van der Waals surface area (Å²) in [6.45, 7) is 4.13. The van der Waals surface area contributed by atoms with E-state index in [4.69, 9.17) is 4.74 Å². The number of para-hydroxylation sites is 1. The second kappa shape index (κ2) is 8.68. The average molecular weight is 364 g/mol. The maximum absolute atomic E-state index is 12.6. The zero-order valence-electron chi connectivity index (χ0n) is 15.8. The van der Waals surface area contributed by atoms with Crippen molar-refractivity contribution >= 4 is 11.6 Å². The predicted molar refractivity (Wildman–Crippen MR) is 108 cm³/mol. The number of carbonyl (C=O) groups is 1. The summed E-state index contributed by atoms with van der Waals surface area (Å²) in [4.78, 5) is 17.0. The van der Waals surface area contributed by atoms with Gasteiger partial charge in [0.15, 0.2) is 0 Å². The van der Waals surface area contributed by atoms with Gasteiger partial charge in [0, 0.05) is 31.2 Å². The van der Waals surface area contributed by atoms with E-state index in [1.165, 1.54) is 12.0 Å². The number of likely N-dealkylation sites (tertiary alicyclic amines) is 1. The Kier molecular flexibility index (Phi) is 5.85. The molecule has 0 aromatic heterocycles. The number of nitrogens with zero attached hydrogens (tertiary/aromatic N) is 2. The van der Waals surface area contributed by atoms with Gasteiger partial charge in [0.05, 0.1) is 6.10 Å². The highest BCUT2D eigenvalue weighted by atomic mass is 16.5. The molecule has 2 aliphatic heterocycles. The highest BCUT2D eigenvalue weighted by molar-refractivity contribution is 5.94. The van der Waals surface area contributed by atoms with Crippen LogP contribution in [0, 0.1) is 5.92 Å². The van der Waals surface area contributed by atoms with E-state index >= 15 is 0 Å². The van der Waals surface area contributed by atoms with E-state index in [1.54, 1.807) is 0 Å². The van der Waals surface area contributed by atoms with Crippen LogP contribution < -0.4 is 4.90 Å². The van der Waals surface area contributed by atoms with Gasteiger partial charge in [-0.3, -0.25) is 4.79 Å². The van der Waals surface area contributed by atoms with Gasteiger partial charge in [-0.15, -0.1) is 0 Å². The largest absolute Gasteiger partial charge is 0.368 e. The number of aryl methyl sites for hydroxylation is 1. The number of ether oxygens (including phenoxy) is 1. The molecular formula is C23H28N2O2. The molecule has 1 amide bonds. The Morgan fingerprint density at radius 1 is 0.963 bits per heavy atom. The van der Waals surface area contributed by atoms with Crippen molar-refractivity contribution < 1.29 is 9.53 Å². The Morgan fingerprint density at radius 2 is 1.70 bits per heavy atom. The fraction of sp³-hybridized carbons (Fsp3) is 0.435. The van der Waals surface area contributed by atoms with Crippen LogP contribution in [0.1, 0.15) is 18.4 Å². The third kappa shape index (κ3) is 4.57. The SMILES string of the molecule is O=C1CO[C@H]2CCN(CCCc3ccccc3)C[C@@H]2CN1c1ccccc1. The van der Waals surface area contributed by atoms with Crippen LogP contribution in [0.5, 0.6) is 0 Å². The highest BCUT2D eigenvalue weighted by Crippen LogP contribution is 2.27. The van der Waals surface area contributed by atoms with Gasteiger partial charge in [-0.1, -0.05) is 48.5 Å². The lowest BCUT2D eigenvalue weighted by atomic mass is 9.93. The lowest BCUT2D eigenvalue weighted by Crippen LogP contribution is -2.47. The van der Waals surface area contributed by atoms with Crippen LogP contribution in [0.3, 0.4) is 0 Å². The maximum atomic E-state index is 12.6. The van der Waals surface area contributed by atoms with Crippen LogP contribution in [-0.2, 0) is 16.0 Å². The molecule has 2 fully saturated rings. The number of benzene rings is 2. The summed E-state index contributed by atoms with van der Waals surface area (Å²) < 4.78 is 5.98. The number of amides is 1. The zero-order valence-corrected chi connectivity index (χ0v) is 15.8. The standard InChI is InChI=1S/C23H28N2O2/c26-23-18-27-22-13-15-24(14-7-10-19-8-3-1-4-9-19)16-20(22)17-25(23)21-11-5-2-6-12-21/h1-6,8-9,11-12,20,22H,7,10,13-18H2/t20-,22+/m1/s1. The molecule has 2 aromatic carbocycles. The quantitative estimate of drug-likeness (QED) is 0.815. The number of anilines is 1. The van der Waals surface area contributed by atoms with Gasteiger partial charge >= 0.3 is 0 Å². The van der Waals surface area contributed by atoms with Crippen LogP contribution in [-0.4, -0.2) is 49.7 Å². The van der Waals surface area contributed by atoms with Crippen molar-refractivity contribution in [2.45, 2.75) is 25.4 Å². The van der Waals surface area contributed by atoms with Crippen molar-refractivity contribution in [2.75, 3.05) is 37.7 Å². The monoisotopic (exact) mass is 364 g/mol. The van der Waals surface area contributed by atoms with Gasteiger partial charge in [0.25, 0.3) is 5.91 Å². The van der Waals surface area contributed by atoms with Gasteiger partial charge < -0.3 is 14.5 Å². The molecule has 0 bridgehead atoms. The molecule has 0 saturated carbocycles. The molecule has 2 saturated heterocycles. The molecule has 0 unspecified atom stereocenters. The van der Waals surface area contributed by atoms with E-state index in [0.717, 1.165) is 44.7 Å². The third-order valence-corrected chi connectivity index (χ3v) is 5.74. The molecule has 2 aliphatic rings. The number of fused-ring (bicyclic) bond motifs is 1. The van der Waals surface area contributed by atoms with Gasteiger partial charge in [-0.25, -0.2) is 0 Å². The van der Waals surface area contributed by atoms with Crippen LogP contribution in [0.2, 0.25) is 0 Å². The second-order valence-corrected chi connectivity index (χ2v) is 7.63. The summed E-state index contributed by atoms with van der Waals surface area (Å²) in [6.07, 6.45) is 3.51. The molecule has 27 heavy (non-hydrogen) atoms. The van der Waals surface area contributed by atoms with Crippen LogP contribution >= 0.6 is 0 Å². The Bertz CT molecular complexity index is 735. The minimum atomic E-state index is 0.0752. The molecular weight excluding hydrogens is 336 g/mol. The average Bonchev–Trinajstić information content (AvgIpc) is 2.88. The van der Waals surface area contributed by atoms with Gasteiger partial charge in [0.1, 0.15) is 6.61 Å². The summed E-state index contributed by atoms with van der Waals surface area (Å²) in [7, 11) is 0. The molecule has 4 rings (SSSR count). The fourth-order valence-corrected chi connectivity index (χ4v) is 4.29. The number of hydrogen-bond acceptors (Lipinski definition) is 3. The normalized spacial score (nSPS) is 23.7. The maximum Gasteiger partial charge on any atom is 0.252 e. The third-order valence-electron chi connectivity index (χ3n) is 5.74. The molecule has 0 aliphatic carbocycles. The van der Waals surface area contributed by atoms with Crippen molar-refractivity contribution in [2.24, 2.45) is 5.92 Å². The molecule has 2 aromatic rings. The Morgan fingerprint density at radius 3 is 2.48 bits per heavy atom. The minimum Gasteiger partial charge on any atom is -0.368 e. The van der Waals surface area contributed by atoms with Crippen LogP contribution in [0.25, 0.3) is 0 Å². The second-order valence-electron chi connectivity index (χ2n) is 7.63. The smallest absolute Gasteiger partial charge is 0.252 e. The summed E-state index contributed by atoms with van der Waals surface area (Å²) in [5.74, 6) is 0.452.